The van der Waals surface area contributed by atoms with Crippen LogP contribution in [0.2, 0.25) is 0 Å². The van der Waals surface area contributed by atoms with Gasteiger partial charge in [0, 0.05) is 19.1 Å². The molecule has 17 heavy (non-hydrogen) atoms. The maximum Gasteiger partial charge on any atom is 0.234 e. The molecule has 0 aromatic rings. The standard InChI is InChI=1S/C12H25N3O.ClH/c1-9(2)6-14-12(16)8-15-7-11(5-13)4-10(15)3;/h9-11H,4-8,13H2,1-3H3,(H,14,16);1H. The summed E-state index contributed by atoms with van der Waals surface area (Å²) in [6.07, 6.45) is 1.12. The van der Waals surface area contributed by atoms with Gasteiger partial charge in [-0.1, -0.05) is 13.8 Å². The third-order valence-electron chi connectivity index (χ3n) is 3.18. The smallest absolute Gasteiger partial charge is 0.234 e. The van der Waals surface area contributed by atoms with Crippen molar-refractivity contribution in [2.24, 2.45) is 17.6 Å². The lowest BCUT2D eigenvalue weighted by molar-refractivity contribution is -0.122. The Labute approximate surface area is 111 Å². The lowest BCUT2D eigenvalue weighted by atomic mass is 10.1. The molecule has 4 nitrogen and oxygen atoms in total. The van der Waals surface area contributed by atoms with Crippen LogP contribution in [0.5, 0.6) is 0 Å². The highest BCUT2D eigenvalue weighted by atomic mass is 35.5. The topological polar surface area (TPSA) is 58.4 Å². The Kier molecular flexibility index (Phi) is 7.75. The first-order valence-corrected chi connectivity index (χ1v) is 6.23. The molecule has 1 aliphatic rings. The Bertz CT molecular complexity index is 236. The SMILES string of the molecule is CC(C)CNC(=O)CN1CC(CN)CC1C.Cl. The number of amides is 1. The van der Waals surface area contributed by atoms with Crippen LogP contribution >= 0.6 is 12.4 Å². The highest BCUT2D eigenvalue weighted by molar-refractivity contribution is 5.85. The molecule has 1 rings (SSSR count). The zero-order chi connectivity index (χ0) is 12.1. The average molecular weight is 264 g/mol. The second-order valence-electron chi connectivity index (χ2n) is 5.31. The summed E-state index contributed by atoms with van der Waals surface area (Å²) in [5.74, 6) is 1.21. The molecule has 3 N–H and O–H groups in total. The zero-order valence-corrected chi connectivity index (χ0v) is 11.9. The van der Waals surface area contributed by atoms with Gasteiger partial charge in [0.15, 0.2) is 0 Å². The highest BCUT2D eigenvalue weighted by Crippen LogP contribution is 2.21. The van der Waals surface area contributed by atoms with Gasteiger partial charge in [0.05, 0.1) is 6.54 Å². The number of nitrogens with one attached hydrogen (secondary N) is 1. The molecule has 5 heteroatoms. The lowest BCUT2D eigenvalue weighted by Gasteiger charge is -2.20. The highest BCUT2D eigenvalue weighted by Gasteiger charge is 2.29. The molecule has 0 saturated carbocycles. The quantitative estimate of drug-likeness (QED) is 0.773. The van der Waals surface area contributed by atoms with Crippen LogP contribution in [0.4, 0.5) is 0 Å². The zero-order valence-electron chi connectivity index (χ0n) is 11.1. The van der Waals surface area contributed by atoms with Crippen molar-refractivity contribution in [1.29, 1.82) is 0 Å². The van der Waals surface area contributed by atoms with E-state index in [4.69, 9.17) is 5.73 Å². The van der Waals surface area contributed by atoms with E-state index in [0.717, 1.165) is 26.1 Å². The molecule has 1 fully saturated rings. The molecule has 0 aromatic carbocycles. The Morgan fingerprint density at radius 1 is 1.53 bits per heavy atom. The summed E-state index contributed by atoms with van der Waals surface area (Å²) in [5, 5.41) is 2.95. The van der Waals surface area contributed by atoms with E-state index in [1.807, 2.05) is 0 Å². The number of rotatable bonds is 5. The van der Waals surface area contributed by atoms with Gasteiger partial charge in [-0.2, -0.15) is 0 Å². The third-order valence-corrected chi connectivity index (χ3v) is 3.18. The molecule has 1 saturated heterocycles. The van der Waals surface area contributed by atoms with Crippen molar-refractivity contribution in [3.05, 3.63) is 0 Å². The molecule has 1 aliphatic heterocycles. The van der Waals surface area contributed by atoms with Crippen LogP contribution in [0.3, 0.4) is 0 Å². The van der Waals surface area contributed by atoms with Gasteiger partial charge in [-0.05, 0) is 31.7 Å². The van der Waals surface area contributed by atoms with E-state index in [9.17, 15) is 4.79 Å². The number of halogens is 1. The van der Waals surface area contributed by atoms with Gasteiger partial charge in [-0.15, -0.1) is 12.4 Å². The van der Waals surface area contributed by atoms with Crippen LogP contribution in [-0.2, 0) is 4.79 Å². The fraction of sp³-hybridized carbons (Fsp3) is 0.917. The van der Waals surface area contributed by atoms with Crippen molar-refractivity contribution >= 4 is 18.3 Å². The van der Waals surface area contributed by atoms with E-state index in [1.54, 1.807) is 0 Å². The predicted octanol–water partition coefficient (Wildman–Crippen LogP) is 0.850. The first-order valence-electron chi connectivity index (χ1n) is 6.23. The minimum atomic E-state index is 0. The van der Waals surface area contributed by atoms with Crippen molar-refractivity contribution in [1.82, 2.24) is 10.2 Å². The van der Waals surface area contributed by atoms with Crippen molar-refractivity contribution in [3.63, 3.8) is 0 Å². The van der Waals surface area contributed by atoms with Crippen LogP contribution in [0.25, 0.3) is 0 Å². The van der Waals surface area contributed by atoms with E-state index in [0.29, 0.717) is 24.4 Å². The molecule has 2 atom stereocenters. The molecule has 1 amide bonds. The largest absolute Gasteiger partial charge is 0.355 e. The first-order chi connectivity index (χ1) is 7.52. The summed E-state index contributed by atoms with van der Waals surface area (Å²) in [6.45, 7) is 9.35. The molecule has 0 bridgehead atoms. The second kappa shape index (κ2) is 7.90. The number of carbonyl (C=O) groups is 1. The van der Waals surface area contributed by atoms with Gasteiger partial charge >= 0.3 is 0 Å². The number of likely N-dealkylation sites (tertiary alicyclic amines) is 1. The van der Waals surface area contributed by atoms with Gasteiger partial charge < -0.3 is 11.1 Å². The van der Waals surface area contributed by atoms with Crippen LogP contribution < -0.4 is 11.1 Å². The Hall–Kier alpha value is -0.320. The fourth-order valence-corrected chi connectivity index (χ4v) is 2.17. The lowest BCUT2D eigenvalue weighted by Crippen LogP contribution is -2.40. The fourth-order valence-electron chi connectivity index (χ4n) is 2.17. The number of hydrogen-bond acceptors (Lipinski definition) is 3. The second-order valence-corrected chi connectivity index (χ2v) is 5.31. The normalized spacial score (nSPS) is 24.8. The summed E-state index contributed by atoms with van der Waals surface area (Å²) in [7, 11) is 0. The van der Waals surface area contributed by atoms with E-state index in [-0.39, 0.29) is 18.3 Å². The number of carbonyl (C=O) groups excluding carboxylic acids is 1. The Morgan fingerprint density at radius 3 is 2.65 bits per heavy atom. The van der Waals surface area contributed by atoms with Crippen LogP contribution in [0, 0.1) is 11.8 Å². The van der Waals surface area contributed by atoms with E-state index in [2.05, 4.69) is 31.0 Å². The summed E-state index contributed by atoms with van der Waals surface area (Å²) in [6, 6.07) is 0.485. The van der Waals surface area contributed by atoms with Crippen LogP contribution in [-0.4, -0.2) is 43.0 Å². The third kappa shape index (κ3) is 5.70. The molecule has 102 valence electrons. The Morgan fingerprint density at radius 2 is 2.18 bits per heavy atom. The Balaban J connectivity index is 0.00000256. The van der Waals surface area contributed by atoms with Crippen molar-refractivity contribution < 1.29 is 4.79 Å². The molecule has 2 unspecified atom stereocenters. The molecule has 0 aromatic heterocycles. The van der Waals surface area contributed by atoms with Crippen molar-refractivity contribution in [3.8, 4) is 0 Å². The van der Waals surface area contributed by atoms with Crippen molar-refractivity contribution in [2.75, 3.05) is 26.2 Å². The molecular formula is C12H26ClN3O. The maximum absolute atomic E-state index is 11.7. The molecule has 0 spiro atoms. The number of nitrogens with zero attached hydrogens (tertiary/aromatic N) is 1. The van der Waals surface area contributed by atoms with E-state index >= 15 is 0 Å². The molecular weight excluding hydrogens is 238 g/mol. The molecule has 1 heterocycles. The average Bonchev–Trinajstić information content (AvgIpc) is 2.57. The number of nitrogens with two attached hydrogens (primary N) is 1. The van der Waals surface area contributed by atoms with Gasteiger partial charge in [0.25, 0.3) is 0 Å². The minimum Gasteiger partial charge on any atom is -0.355 e. The van der Waals surface area contributed by atoms with Crippen molar-refractivity contribution in [2.45, 2.75) is 33.2 Å². The first kappa shape index (κ1) is 16.7. The van der Waals surface area contributed by atoms with Gasteiger partial charge in [0.1, 0.15) is 0 Å². The summed E-state index contributed by atoms with van der Waals surface area (Å²) >= 11 is 0. The van der Waals surface area contributed by atoms with Gasteiger partial charge in [0.2, 0.25) is 5.91 Å². The van der Waals surface area contributed by atoms with Gasteiger partial charge in [-0.25, -0.2) is 0 Å². The summed E-state index contributed by atoms with van der Waals surface area (Å²) in [5.41, 5.74) is 5.66. The summed E-state index contributed by atoms with van der Waals surface area (Å²) < 4.78 is 0. The van der Waals surface area contributed by atoms with Gasteiger partial charge in [-0.3, -0.25) is 9.69 Å². The van der Waals surface area contributed by atoms with E-state index < -0.39 is 0 Å². The van der Waals surface area contributed by atoms with Crippen LogP contribution in [0.1, 0.15) is 27.2 Å². The maximum atomic E-state index is 11.7. The molecule has 0 radical (unpaired) electrons. The number of hydrogen-bond donors (Lipinski definition) is 2. The minimum absolute atomic E-state index is 0. The molecule has 0 aliphatic carbocycles. The summed E-state index contributed by atoms with van der Waals surface area (Å²) in [4.78, 5) is 13.9. The monoisotopic (exact) mass is 263 g/mol. The van der Waals surface area contributed by atoms with E-state index in [1.165, 1.54) is 0 Å². The van der Waals surface area contributed by atoms with Crippen LogP contribution in [0.15, 0.2) is 0 Å². The predicted molar refractivity (Wildman–Crippen MR) is 73.3 cm³/mol.